The smallest absolute Gasteiger partial charge is 0.408 e. The number of likely N-dealkylation sites (N-methyl/N-ethyl adjacent to an activating group) is 1. The first-order valence-corrected chi connectivity index (χ1v) is 9.26. The van der Waals surface area contributed by atoms with Gasteiger partial charge in [-0.3, -0.25) is 0 Å². The summed E-state index contributed by atoms with van der Waals surface area (Å²) in [5.41, 5.74) is 2.62. The minimum Gasteiger partial charge on any atom is -0.444 e. The van der Waals surface area contributed by atoms with Crippen molar-refractivity contribution in [3.8, 4) is 0 Å². The van der Waals surface area contributed by atoms with Crippen LogP contribution in [0.3, 0.4) is 0 Å². The average molecular weight is 348 g/mol. The van der Waals surface area contributed by atoms with Gasteiger partial charge < -0.3 is 14.5 Å². The third-order valence-corrected chi connectivity index (χ3v) is 5.30. The third kappa shape index (κ3) is 5.89. The van der Waals surface area contributed by atoms with Gasteiger partial charge >= 0.3 is 6.09 Å². The largest absolute Gasteiger partial charge is 0.444 e. The number of hydrogen-bond donors (Lipinski definition) is 1. The Labute approximate surface area is 153 Å². The van der Waals surface area contributed by atoms with Crippen molar-refractivity contribution in [3.63, 3.8) is 0 Å². The summed E-state index contributed by atoms with van der Waals surface area (Å²) in [4.78, 5) is 12.2. The van der Waals surface area contributed by atoms with Gasteiger partial charge in [0.2, 0.25) is 0 Å². The molecule has 4 heteroatoms. The number of carbonyl (C=O) groups excluding carboxylic acids is 1. The molecule has 1 aromatic carbocycles. The highest BCUT2D eigenvalue weighted by Crippen LogP contribution is 2.23. The molecule has 0 aliphatic rings. The van der Waals surface area contributed by atoms with Gasteiger partial charge in [-0.2, -0.15) is 0 Å². The Hall–Kier alpha value is -1.81. The highest BCUT2D eigenvalue weighted by atomic mass is 16.5. The van der Waals surface area contributed by atoms with Gasteiger partial charge in [0.05, 0.1) is 25.2 Å². The number of rotatable bonds is 9. The van der Waals surface area contributed by atoms with Crippen molar-refractivity contribution >= 4 is 11.7 Å². The number of carbonyl (C=O) groups is 1. The molecule has 1 aromatic rings. The fraction of sp³-hybridized carbons (Fsp3) is 0.571. The summed E-state index contributed by atoms with van der Waals surface area (Å²) in [6.07, 6.45) is -0.368. The van der Waals surface area contributed by atoms with Crippen LogP contribution in [0.2, 0.25) is 0 Å². The molecule has 0 fully saturated rings. The molecule has 4 nitrogen and oxygen atoms in total. The maximum absolute atomic E-state index is 12.2. The highest BCUT2D eigenvalue weighted by molar-refractivity contribution is 5.69. The van der Waals surface area contributed by atoms with Gasteiger partial charge in [-0.1, -0.05) is 30.4 Å². The fourth-order valence-corrected chi connectivity index (χ4v) is 3.01. The standard InChI is InChI=1S/C21H34N2O2/c1-8-23(9-2,10-3)14-15-25-20(24)22-21(6,7)19-13-11-12-18(16-19)17(4)5/h11-13,16H,4,8-10,14-15H2,1-3,5-7H3/p+1. The lowest BCUT2D eigenvalue weighted by atomic mass is 9.92. The van der Waals surface area contributed by atoms with E-state index in [2.05, 4.69) is 38.7 Å². The molecule has 140 valence electrons. The fourth-order valence-electron chi connectivity index (χ4n) is 3.01. The molecule has 0 atom stereocenters. The van der Waals surface area contributed by atoms with E-state index in [1.807, 2.05) is 39.0 Å². The maximum Gasteiger partial charge on any atom is 0.408 e. The van der Waals surface area contributed by atoms with Crippen LogP contribution in [-0.4, -0.2) is 43.4 Å². The normalized spacial score (nSPS) is 11.9. The minimum absolute atomic E-state index is 0.368. The number of benzene rings is 1. The van der Waals surface area contributed by atoms with Crippen LogP contribution in [0, 0.1) is 0 Å². The Bertz CT molecular complexity index is 581. The monoisotopic (exact) mass is 347 g/mol. The van der Waals surface area contributed by atoms with Gasteiger partial charge in [0.15, 0.2) is 0 Å². The predicted octanol–water partition coefficient (Wildman–Crippen LogP) is 4.56. The molecule has 0 aliphatic heterocycles. The lowest BCUT2D eigenvalue weighted by Gasteiger charge is -2.35. The van der Waals surface area contributed by atoms with Crippen LogP contribution in [0.4, 0.5) is 4.79 Å². The van der Waals surface area contributed by atoms with E-state index >= 15 is 0 Å². The number of alkyl carbamates (subject to hydrolysis) is 1. The molecule has 0 saturated carbocycles. The van der Waals surface area contributed by atoms with Crippen LogP contribution in [0.5, 0.6) is 0 Å². The predicted molar refractivity (Wildman–Crippen MR) is 105 cm³/mol. The summed E-state index contributed by atoms with van der Waals surface area (Å²) >= 11 is 0. The second-order valence-corrected chi connectivity index (χ2v) is 7.26. The van der Waals surface area contributed by atoms with Crippen molar-refractivity contribution in [2.45, 2.75) is 47.1 Å². The molecule has 0 aliphatic carbocycles. The molecule has 0 spiro atoms. The third-order valence-electron chi connectivity index (χ3n) is 5.30. The summed E-state index contributed by atoms with van der Waals surface area (Å²) in [6, 6.07) is 8.09. The summed E-state index contributed by atoms with van der Waals surface area (Å²) < 4.78 is 6.42. The summed E-state index contributed by atoms with van der Waals surface area (Å²) in [5, 5.41) is 2.98. The number of amides is 1. The van der Waals surface area contributed by atoms with Crippen molar-refractivity contribution in [3.05, 3.63) is 42.0 Å². The number of hydrogen-bond acceptors (Lipinski definition) is 2. The van der Waals surface area contributed by atoms with Crippen molar-refractivity contribution in [2.75, 3.05) is 32.8 Å². The lowest BCUT2D eigenvalue weighted by Crippen LogP contribution is -2.50. The van der Waals surface area contributed by atoms with Gasteiger partial charge in [0.1, 0.15) is 13.2 Å². The molecule has 1 rings (SSSR count). The Morgan fingerprint density at radius 2 is 1.80 bits per heavy atom. The number of quaternary nitrogens is 1. The van der Waals surface area contributed by atoms with Crippen molar-refractivity contribution < 1.29 is 14.0 Å². The first-order chi connectivity index (χ1) is 11.7. The number of nitrogens with one attached hydrogen (secondary N) is 1. The zero-order valence-electron chi connectivity index (χ0n) is 16.8. The van der Waals surface area contributed by atoms with E-state index in [0.29, 0.717) is 6.61 Å². The van der Waals surface area contributed by atoms with E-state index in [1.165, 1.54) is 0 Å². The highest BCUT2D eigenvalue weighted by Gasteiger charge is 2.25. The zero-order valence-corrected chi connectivity index (χ0v) is 16.8. The van der Waals surface area contributed by atoms with Gasteiger partial charge in [0.25, 0.3) is 0 Å². The average Bonchev–Trinajstić information content (AvgIpc) is 2.59. The Kier molecular flexibility index (Phi) is 7.68. The molecule has 0 saturated heterocycles. The zero-order chi connectivity index (χ0) is 19.1. The molecule has 0 radical (unpaired) electrons. The van der Waals surface area contributed by atoms with Crippen LogP contribution in [-0.2, 0) is 10.3 Å². The van der Waals surface area contributed by atoms with Crippen LogP contribution in [0.1, 0.15) is 52.7 Å². The quantitative estimate of drug-likeness (QED) is 0.665. The summed E-state index contributed by atoms with van der Waals surface area (Å²) in [5.74, 6) is 0. The van der Waals surface area contributed by atoms with Crippen LogP contribution in [0.15, 0.2) is 30.8 Å². The van der Waals surface area contributed by atoms with E-state index in [1.54, 1.807) is 0 Å². The second-order valence-electron chi connectivity index (χ2n) is 7.26. The van der Waals surface area contributed by atoms with E-state index in [9.17, 15) is 4.79 Å². The van der Waals surface area contributed by atoms with Gasteiger partial charge in [-0.05, 0) is 58.7 Å². The number of nitrogens with zero attached hydrogens (tertiary/aromatic N) is 1. The molecule has 25 heavy (non-hydrogen) atoms. The van der Waals surface area contributed by atoms with Gasteiger partial charge in [-0.25, -0.2) is 4.79 Å². The van der Waals surface area contributed by atoms with E-state index in [4.69, 9.17) is 4.74 Å². The molecule has 1 N–H and O–H groups in total. The topological polar surface area (TPSA) is 38.3 Å². The van der Waals surface area contributed by atoms with Crippen molar-refractivity contribution in [2.24, 2.45) is 0 Å². The van der Waals surface area contributed by atoms with E-state index in [0.717, 1.165) is 47.4 Å². The first-order valence-electron chi connectivity index (χ1n) is 9.26. The molecule has 0 heterocycles. The summed E-state index contributed by atoms with van der Waals surface area (Å²) in [6.45, 7) is 20.9. The lowest BCUT2D eigenvalue weighted by molar-refractivity contribution is -0.923. The molecule has 0 unspecified atom stereocenters. The SMILES string of the molecule is C=C(C)c1cccc(C(C)(C)NC(=O)OCC[N+](CC)(CC)CC)c1. The molecule has 1 amide bonds. The Morgan fingerprint density at radius 1 is 1.20 bits per heavy atom. The van der Waals surface area contributed by atoms with Crippen molar-refractivity contribution in [1.29, 1.82) is 0 Å². The molecule has 0 aromatic heterocycles. The van der Waals surface area contributed by atoms with E-state index < -0.39 is 5.54 Å². The first kappa shape index (κ1) is 21.2. The van der Waals surface area contributed by atoms with E-state index in [-0.39, 0.29) is 6.09 Å². The minimum atomic E-state index is -0.505. The van der Waals surface area contributed by atoms with Gasteiger partial charge in [0, 0.05) is 0 Å². The molecular weight excluding hydrogens is 312 g/mol. The Balaban J connectivity index is 2.66. The second kappa shape index (κ2) is 9.04. The Morgan fingerprint density at radius 3 is 2.32 bits per heavy atom. The number of ether oxygens (including phenoxy) is 1. The van der Waals surface area contributed by atoms with Crippen LogP contribution >= 0.6 is 0 Å². The summed E-state index contributed by atoms with van der Waals surface area (Å²) in [7, 11) is 0. The maximum atomic E-state index is 12.2. The van der Waals surface area contributed by atoms with Crippen LogP contribution < -0.4 is 5.32 Å². The number of allylic oxidation sites excluding steroid dienone is 1. The van der Waals surface area contributed by atoms with Gasteiger partial charge in [-0.15, -0.1) is 0 Å². The van der Waals surface area contributed by atoms with Crippen LogP contribution in [0.25, 0.3) is 5.57 Å². The van der Waals surface area contributed by atoms with Crippen molar-refractivity contribution in [1.82, 2.24) is 5.32 Å². The molecule has 0 bridgehead atoms. The molecular formula is C21H35N2O2+.